The number of ether oxygens (including phenoxy) is 1. The maximum Gasteiger partial charge on any atom is 0.490 e. The highest BCUT2D eigenvalue weighted by Gasteiger charge is 2.50. The van der Waals surface area contributed by atoms with E-state index in [1.54, 1.807) is 0 Å². The molecule has 1 fully saturated rings. The number of carbonyl (C=O) groups is 2. The van der Waals surface area contributed by atoms with Crippen LogP contribution in [0.5, 0.6) is 0 Å². The molecule has 0 bridgehead atoms. The van der Waals surface area contributed by atoms with Crippen molar-refractivity contribution in [2.24, 2.45) is 5.73 Å². The molecule has 2 heterocycles. The molecule has 184 valence electrons. The molecule has 0 aromatic carbocycles. The number of hydrogen-bond donors (Lipinski definition) is 8. The van der Waals surface area contributed by atoms with E-state index in [1.165, 1.54) is 0 Å². The van der Waals surface area contributed by atoms with Crippen LogP contribution in [0.3, 0.4) is 0 Å². The van der Waals surface area contributed by atoms with Crippen molar-refractivity contribution in [3.8, 4) is 0 Å². The van der Waals surface area contributed by atoms with Gasteiger partial charge in [-0.25, -0.2) is 18.5 Å². The van der Waals surface area contributed by atoms with Gasteiger partial charge < -0.3 is 39.8 Å². The van der Waals surface area contributed by atoms with Crippen LogP contribution in [0.25, 0.3) is 0 Å². The van der Waals surface area contributed by atoms with Crippen LogP contribution in [-0.2, 0) is 36.4 Å². The number of carbonyl (C=O) groups excluding carboxylic acids is 2. The van der Waals surface area contributed by atoms with Crippen LogP contribution in [-0.4, -0.2) is 83.3 Å². The summed E-state index contributed by atoms with van der Waals surface area (Å²) in [6.07, 6.45) is -4.69. The molecule has 0 aliphatic carbocycles. The minimum atomic E-state index is -5.75. The molecule has 9 N–H and O–H groups in total. The number of nitrogens with two attached hydrogens (primary N) is 1. The fourth-order valence-corrected chi connectivity index (χ4v) is 5.55. The maximum absolute atomic E-state index is 12.2. The number of amides is 2. The topological polar surface area (TPSA) is 285 Å². The molecule has 2 aliphatic heterocycles. The largest absolute Gasteiger partial charge is 0.490 e. The average molecular weight is 527 g/mol. The lowest BCUT2D eigenvalue weighted by atomic mass is 10.1. The number of urea groups is 1. The van der Waals surface area contributed by atoms with Crippen LogP contribution >= 0.6 is 23.5 Å². The van der Waals surface area contributed by atoms with Gasteiger partial charge in [-0.2, -0.15) is 8.62 Å². The molecule has 2 aliphatic rings. The third-order valence-corrected chi connectivity index (χ3v) is 7.86. The van der Waals surface area contributed by atoms with Gasteiger partial charge >= 0.3 is 29.5 Å². The Labute approximate surface area is 179 Å². The molecule has 0 saturated carbocycles. The van der Waals surface area contributed by atoms with Gasteiger partial charge in [-0.05, 0) is 13.0 Å². The van der Waals surface area contributed by atoms with Crippen molar-refractivity contribution in [2.75, 3.05) is 6.61 Å². The van der Waals surface area contributed by atoms with Crippen molar-refractivity contribution in [1.82, 2.24) is 10.2 Å². The van der Waals surface area contributed by atoms with E-state index in [-0.39, 0.29) is 0 Å². The van der Waals surface area contributed by atoms with Crippen molar-refractivity contribution in [1.29, 1.82) is 0 Å². The Hall–Kier alpha value is -1.07. The number of nitrogens with zero attached hydrogens (tertiary/aromatic N) is 1. The molecular formula is C11H20N3O15P3. The highest BCUT2D eigenvalue weighted by Crippen LogP contribution is 2.66. The summed E-state index contributed by atoms with van der Waals surface area (Å²) < 4.78 is 50.2. The lowest BCUT2D eigenvalue weighted by molar-refractivity contribution is -0.121. The van der Waals surface area contributed by atoms with Crippen molar-refractivity contribution in [2.45, 2.75) is 37.1 Å². The van der Waals surface area contributed by atoms with Gasteiger partial charge in [-0.15, -0.1) is 0 Å². The zero-order valence-corrected chi connectivity index (χ0v) is 18.6. The predicted octanol–water partition coefficient (Wildman–Crippen LogP) is -2.44. The van der Waals surface area contributed by atoms with Gasteiger partial charge in [-0.3, -0.25) is 20.0 Å². The highest BCUT2D eigenvalue weighted by molar-refractivity contribution is 7.66. The van der Waals surface area contributed by atoms with E-state index in [9.17, 15) is 38.4 Å². The Bertz CT molecular complexity index is 937. The Kier molecular flexibility index (Phi) is 7.89. The molecule has 1 saturated heterocycles. The molecule has 2 amide bonds. The number of nitrogens with one attached hydrogen (secondary N) is 1. The molecule has 0 aromatic heterocycles. The molecule has 21 heteroatoms. The summed E-state index contributed by atoms with van der Waals surface area (Å²) >= 11 is 0. The van der Waals surface area contributed by atoms with Crippen LogP contribution < -0.4 is 11.1 Å². The third-order valence-electron chi connectivity index (χ3n) is 4.06. The number of rotatable bonds is 9. The number of phosphoric acid groups is 3. The summed E-state index contributed by atoms with van der Waals surface area (Å²) in [5.74, 6) is -0.608. The van der Waals surface area contributed by atoms with Crippen molar-refractivity contribution >= 4 is 35.3 Å². The van der Waals surface area contributed by atoms with E-state index in [2.05, 4.69) is 18.5 Å². The van der Waals surface area contributed by atoms with E-state index in [0.717, 1.165) is 24.1 Å². The maximum atomic E-state index is 12.2. The van der Waals surface area contributed by atoms with E-state index in [0.29, 0.717) is 0 Å². The summed E-state index contributed by atoms with van der Waals surface area (Å²) in [5.41, 5.74) is 3.87. The lowest BCUT2D eigenvalue weighted by Gasteiger charge is -2.36. The van der Waals surface area contributed by atoms with Crippen molar-refractivity contribution < 1.29 is 71.0 Å². The fraction of sp³-hybridized carbons (Fsp3) is 0.636. The zero-order valence-electron chi connectivity index (χ0n) is 15.9. The SMILES string of the molecule is CC(=O)C1(N)C=CN([C@@H]2O[C@H](COP(=O)(O)OP(=O)(O)OP(=O)(O)O)[C@@H](O)[C@H]2O)C(=O)N1. The van der Waals surface area contributed by atoms with Crippen LogP contribution in [0.4, 0.5) is 4.79 Å². The van der Waals surface area contributed by atoms with Gasteiger partial charge in [0.15, 0.2) is 17.7 Å². The van der Waals surface area contributed by atoms with E-state index in [1.807, 2.05) is 0 Å². The predicted molar refractivity (Wildman–Crippen MR) is 97.6 cm³/mol. The second kappa shape index (κ2) is 9.29. The van der Waals surface area contributed by atoms with Crippen molar-refractivity contribution in [3.63, 3.8) is 0 Å². The van der Waals surface area contributed by atoms with Gasteiger partial charge in [0.25, 0.3) is 0 Å². The number of aliphatic hydroxyl groups is 2. The highest BCUT2D eigenvalue weighted by atomic mass is 31.3. The summed E-state index contributed by atoms with van der Waals surface area (Å²) in [4.78, 5) is 59.9. The smallest absolute Gasteiger partial charge is 0.387 e. The standard InChI is InChI=1S/C11H20N3O15P3/c1-5(15)11(12)2-3-14(10(18)13-11)9-8(17)7(16)6(27-9)4-26-31(22,23)29-32(24,25)28-30(19,20)21/h2-3,6-9,16-17H,4,12H2,1H3,(H,13,18)(H,22,23)(H,24,25)(H2,19,20,21)/t6-,7-,8-,9-,11?/m1/s1. The Balaban J connectivity index is 2.04. The number of ketones is 1. The summed E-state index contributed by atoms with van der Waals surface area (Å²) in [6, 6.07) is -0.991. The van der Waals surface area contributed by atoms with Gasteiger partial charge in [0.1, 0.15) is 18.3 Å². The first-order valence-corrected chi connectivity index (χ1v) is 12.8. The second-order valence-corrected chi connectivity index (χ2v) is 10.9. The summed E-state index contributed by atoms with van der Waals surface area (Å²) in [6.45, 7) is 0.0512. The first-order valence-electron chi connectivity index (χ1n) is 8.25. The first-order chi connectivity index (χ1) is 14.4. The molecule has 3 unspecified atom stereocenters. The molecule has 0 spiro atoms. The van der Waals surface area contributed by atoms with Crippen LogP contribution in [0.2, 0.25) is 0 Å². The normalized spacial score (nSPS) is 34.6. The van der Waals surface area contributed by atoms with E-state index >= 15 is 0 Å². The minimum Gasteiger partial charge on any atom is -0.387 e. The quantitative estimate of drug-likeness (QED) is 0.145. The Morgan fingerprint density at radius 1 is 1.19 bits per heavy atom. The second-order valence-electron chi connectivity index (χ2n) is 6.51. The lowest BCUT2D eigenvalue weighted by Crippen LogP contribution is -2.65. The number of phosphoric ester groups is 1. The summed E-state index contributed by atoms with van der Waals surface area (Å²) in [5, 5.41) is 22.4. The number of hydrogen-bond acceptors (Lipinski definition) is 12. The van der Waals surface area contributed by atoms with E-state index < -0.39 is 72.1 Å². The monoisotopic (exact) mass is 527 g/mol. The van der Waals surface area contributed by atoms with Gasteiger partial charge in [0.2, 0.25) is 0 Å². The van der Waals surface area contributed by atoms with Crippen molar-refractivity contribution in [3.05, 3.63) is 12.3 Å². The zero-order chi connectivity index (χ0) is 24.7. The average Bonchev–Trinajstić information content (AvgIpc) is 2.85. The van der Waals surface area contributed by atoms with Gasteiger partial charge in [-0.1, -0.05) is 0 Å². The third kappa shape index (κ3) is 6.72. The van der Waals surface area contributed by atoms with E-state index in [4.69, 9.17) is 25.2 Å². The number of aliphatic hydroxyl groups excluding tert-OH is 2. The Morgan fingerprint density at radius 2 is 1.78 bits per heavy atom. The number of Topliss-reactive ketones (excluding diaryl/α,β-unsaturated/α-hetero) is 1. The molecule has 0 aromatic rings. The molecule has 32 heavy (non-hydrogen) atoms. The van der Waals surface area contributed by atoms with Gasteiger partial charge in [0, 0.05) is 6.20 Å². The minimum absolute atomic E-state index is 0.608. The first kappa shape index (κ1) is 27.2. The fourth-order valence-electron chi connectivity index (χ4n) is 2.52. The van der Waals surface area contributed by atoms with Crippen LogP contribution in [0, 0.1) is 0 Å². The molecule has 18 nitrogen and oxygen atoms in total. The molecular weight excluding hydrogens is 507 g/mol. The van der Waals surface area contributed by atoms with Gasteiger partial charge in [0.05, 0.1) is 6.61 Å². The Morgan fingerprint density at radius 3 is 2.28 bits per heavy atom. The van der Waals surface area contributed by atoms with Crippen LogP contribution in [0.15, 0.2) is 12.3 Å². The molecule has 2 rings (SSSR count). The molecule has 7 atom stereocenters. The molecule has 0 radical (unpaired) electrons. The summed E-state index contributed by atoms with van der Waals surface area (Å²) in [7, 11) is -16.8. The van der Waals surface area contributed by atoms with Crippen LogP contribution in [0.1, 0.15) is 6.92 Å².